The van der Waals surface area contributed by atoms with Crippen molar-refractivity contribution in [3.05, 3.63) is 35.7 Å². The van der Waals surface area contributed by atoms with Gasteiger partial charge in [0, 0.05) is 5.39 Å². The van der Waals surface area contributed by atoms with Crippen LogP contribution in [0.15, 0.2) is 30.0 Å². The molecule has 2 aromatic rings. The first kappa shape index (κ1) is 17.0. The zero-order chi connectivity index (χ0) is 17.7. The molecule has 0 saturated carbocycles. The van der Waals surface area contributed by atoms with Crippen LogP contribution in [0.5, 0.6) is 0 Å². The maximum Gasteiger partial charge on any atom is 0.356 e. The molecule has 9 heteroatoms. The number of nitrogens with zero attached hydrogens (tertiary/aromatic N) is 1. The molecule has 2 rings (SSSR count). The van der Waals surface area contributed by atoms with Gasteiger partial charge < -0.3 is 19.5 Å². The van der Waals surface area contributed by atoms with Crippen molar-refractivity contribution in [3.63, 3.8) is 0 Å². The van der Waals surface area contributed by atoms with Crippen LogP contribution in [0.1, 0.15) is 10.5 Å². The molecule has 2 N–H and O–H groups in total. The van der Waals surface area contributed by atoms with Crippen LogP contribution in [-0.4, -0.2) is 49.4 Å². The average molecular weight is 333 g/mol. The lowest BCUT2D eigenvalue weighted by Gasteiger charge is -2.09. The molecule has 0 atom stereocenters. The summed E-state index contributed by atoms with van der Waals surface area (Å²) in [6.45, 7) is 0. The van der Waals surface area contributed by atoms with Gasteiger partial charge in [0.1, 0.15) is 11.2 Å². The second kappa shape index (κ2) is 7.27. The van der Waals surface area contributed by atoms with E-state index < -0.39 is 17.9 Å². The van der Waals surface area contributed by atoms with Crippen LogP contribution < -0.4 is 5.32 Å². The van der Waals surface area contributed by atoms with Gasteiger partial charge in [0.25, 0.3) is 0 Å². The topological polar surface area (TPSA) is 120 Å². The van der Waals surface area contributed by atoms with E-state index in [0.29, 0.717) is 16.6 Å². The highest BCUT2D eigenvalue weighted by Crippen LogP contribution is 2.25. The predicted octanol–water partition coefficient (Wildman–Crippen LogP) is 0.991. The molecule has 0 aliphatic heterocycles. The van der Waals surface area contributed by atoms with Crippen molar-refractivity contribution in [2.45, 2.75) is 0 Å². The normalized spacial score (nSPS) is 11.0. The van der Waals surface area contributed by atoms with Crippen LogP contribution in [-0.2, 0) is 23.8 Å². The third-order valence-electron chi connectivity index (χ3n) is 3.11. The number of H-pyrrole nitrogens is 1. The molecule has 0 bridgehead atoms. The van der Waals surface area contributed by atoms with Crippen molar-refractivity contribution in [2.75, 3.05) is 26.6 Å². The van der Waals surface area contributed by atoms with Crippen LogP contribution in [0.3, 0.4) is 0 Å². The minimum absolute atomic E-state index is 0.139. The van der Waals surface area contributed by atoms with Crippen LogP contribution in [0, 0.1) is 0 Å². The van der Waals surface area contributed by atoms with Crippen LogP contribution in [0.25, 0.3) is 10.9 Å². The summed E-state index contributed by atoms with van der Waals surface area (Å²) < 4.78 is 13.8. The number of benzene rings is 1. The fraction of sp³-hybridized carbons (Fsp3) is 0.200. The van der Waals surface area contributed by atoms with E-state index in [0.717, 1.165) is 6.08 Å². The van der Waals surface area contributed by atoms with Gasteiger partial charge in [-0.25, -0.2) is 14.4 Å². The highest BCUT2D eigenvalue weighted by Gasteiger charge is 2.18. The van der Waals surface area contributed by atoms with Gasteiger partial charge >= 0.3 is 17.9 Å². The molecule has 0 amide bonds. The van der Waals surface area contributed by atoms with Gasteiger partial charge in [0.05, 0.1) is 33.1 Å². The zero-order valence-electron chi connectivity index (χ0n) is 13.2. The van der Waals surface area contributed by atoms with E-state index in [2.05, 4.69) is 29.7 Å². The van der Waals surface area contributed by atoms with Crippen LogP contribution in [0.4, 0.5) is 5.69 Å². The number of nitrogens with one attached hydrogen (secondary N) is 2. The molecule has 0 saturated heterocycles. The minimum atomic E-state index is -0.763. The molecule has 126 valence electrons. The van der Waals surface area contributed by atoms with Crippen molar-refractivity contribution in [3.8, 4) is 0 Å². The SMILES string of the molecule is COC(=O)/C=C(/Nc1cccc2c(C(=O)OC)[nH]nc12)C(=O)OC. The number of aromatic amines is 1. The molecule has 0 aliphatic carbocycles. The first-order valence-corrected chi connectivity index (χ1v) is 6.72. The quantitative estimate of drug-likeness (QED) is 0.472. The third kappa shape index (κ3) is 3.35. The number of hydrogen-bond acceptors (Lipinski definition) is 8. The first-order chi connectivity index (χ1) is 11.5. The number of anilines is 1. The van der Waals surface area contributed by atoms with Gasteiger partial charge in [-0.05, 0) is 6.07 Å². The Kier molecular flexibility index (Phi) is 5.15. The van der Waals surface area contributed by atoms with Crippen LogP contribution in [0.2, 0.25) is 0 Å². The third-order valence-corrected chi connectivity index (χ3v) is 3.11. The van der Waals surface area contributed by atoms with Gasteiger partial charge in [-0.2, -0.15) is 5.10 Å². The van der Waals surface area contributed by atoms with Gasteiger partial charge in [-0.1, -0.05) is 12.1 Å². The van der Waals surface area contributed by atoms with Crippen molar-refractivity contribution >= 4 is 34.5 Å². The summed E-state index contributed by atoms with van der Waals surface area (Å²) >= 11 is 0. The fourth-order valence-electron chi connectivity index (χ4n) is 1.97. The highest BCUT2D eigenvalue weighted by atomic mass is 16.5. The number of para-hydroxylation sites is 1. The number of rotatable bonds is 5. The molecule has 0 fully saturated rings. The lowest BCUT2D eigenvalue weighted by molar-refractivity contribution is -0.138. The number of aromatic nitrogens is 2. The molecule has 9 nitrogen and oxygen atoms in total. The lowest BCUT2D eigenvalue weighted by atomic mass is 10.1. The minimum Gasteiger partial charge on any atom is -0.466 e. The summed E-state index contributed by atoms with van der Waals surface area (Å²) in [5.74, 6) is -2.07. The maximum atomic E-state index is 11.8. The molecule has 0 radical (unpaired) electrons. The zero-order valence-corrected chi connectivity index (χ0v) is 13.2. The average Bonchev–Trinajstić information content (AvgIpc) is 3.04. The predicted molar refractivity (Wildman–Crippen MR) is 83.2 cm³/mol. The number of carbonyl (C=O) groups excluding carboxylic acids is 3. The Morgan fingerprint density at radius 1 is 1.12 bits per heavy atom. The Balaban J connectivity index is 2.46. The van der Waals surface area contributed by atoms with Gasteiger partial charge in [-0.15, -0.1) is 0 Å². The summed E-state index contributed by atoms with van der Waals surface area (Å²) in [6, 6.07) is 4.94. The Morgan fingerprint density at radius 3 is 2.50 bits per heavy atom. The lowest BCUT2D eigenvalue weighted by Crippen LogP contribution is -2.15. The van der Waals surface area contributed by atoms with E-state index in [1.165, 1.54) is 21.3 Å². The number of ether oxygens (including phenoxy) is 3. The second-order valence-electron chi connectivity index (χ2n) is 4.49. The maximum absolute atomic E-state index is 11.8. The van der Waals surface area contributed by atoms with E-state index >= 15 is 0 Å². The van der Waals surface area contributed by atoms with Gasteiger partial charge in [-0.3, -0.25) is 5.10 Å². The Morgan fingerprint density at radius 2 is 1.88 bits per heavy atom. The smallest absolute Gasteiger partial charge is 0.356 e. The van der Waals surface area contributed by atoms with Crippen molar-refractivity contribution in [2.24, 2.45) is 0 Å². The number of fused-ring (bicyclic) bond motifs is 1. The number of hydrogen-bond donors (Lipinski definition) is 2. The fourth-order valence-corrected chi connectivity index (χ4v) is 1.97. The first-order valence-electron chi connectivity index (χ1n) is 6.72. The van der Waals surface area contributed by atoms with Gasteiger partial charge in [0.15, 0.2) is 5.69 Å². The summed E-state index contributed by atoms with van der Waals surface area (Å²) in [6.07, 6.45) is 0.957. The summed E-state index contributed by atoms with van der Waals surface area (Å²) in [7, 11) is 3.62. The molecule has 1 aromatic heterocycles. The van der Waals surface area contributed by atoms with Crippen molar-refractivity contribution in [1.29, 1.82) is 0 Å². The molecule has 0 spiro atoms. The van der Waals surface area contributed by atoms with Crippen molar-refractivity contribution < 1.29 is 28.6 Å². The number of carbonyl (C=O) groups is 3. The number of esters is 3. The molecular formula is C15H15N3O6. The molecule has 0 unspecified atom stereocenters. The standard InChI is InChI=1S/C15H15N3O6/c1-22-11(19)7-10(14(20)23-2)16-9-6-4-5-8-12(9)17-18-13(8)15(21)24-3/h4-7,16H,1-3H3,(H,17,18)/b10-7+. The van der Waals surface area contributed by atoms with E-state index in [1.54, 1.807) is 18.2 Å². The largest absolute Gasteiger partial charge is 0.466 e. The Labute approximate surface area is 136 Å². The monoisotopic (exact) mass is 333 g/mol. The summed E-state index contributed by atoms with van der Waals surface area (Å²) in [4.78, 5) is 34.9. The summed E-state index contributed by atoms with van der Waals surface area (Å²) in [5, 5.41) is 9.88. The van der Waals surface area contributed by atoms with E-state index in [1.807, 2.05) is 0 Å². The molecular weight excluding hydrogens is 318 g/mol. The Hall–Kier alpha value is -3.36. The summed E-state index contributed by atoms with van der Waals surface area (Å²) in [5.41, 5.74) is 0.809. The second-order valence-corrected chi connectivity index (χ2v) is 4.49. The van der Waals surface area contributed by atoms with Gasteiger partial charge in [0.2, 0.25) is 0 Å². The molecule has 1 aromatic carbocycles. The molecule has 24 heavy (non-hydrogen) atoms. The molecule has 0 aliphatic rings. The van der Waals surface area contributed by atoms with E-state index in [4.69, 9.17) is 0 Å². The highest BCUT2D eigenvalue weighted by molar-refractivity contribution is 6.07. The van der Waals surface area contributed by atoms with Crippen LogP contribution >= 0.6 is 0 Å². The van der Waals surface area contributed by atoms with Crippen molar-refractivity contribution in [1.82, 2.24) is 10.2 Å². The molecule has 1 heterocycles. The van der Waals surface area contributed by atoms with E-state index in [9.17, 15) is 14.4 Å². The van der Waals surface area contributed by atoms with E-state index in [-0.39, 0.29) is 11.4 Å². The Bertz CT molecular complexity index is 824. The number of methoxy groups -OCH3 is 3.